The van der Waals surface area contributed by atoms with E-state index in [1.54, 1.807) is 6.92 Å². The topological polar surface area (TPSA) is 49.4 Å². The summed E-state index contributed by atoms with van der Waals surface area (Å²) in [5, 5.41) is 2.50. The Morgan fingerprint density at radius 2 is 2.05 bits per heavy atom. The van der Waals surface area contributed by atoms with Crippen molar-refractivity contribution >= 4 is 11.8 Å². The molecule has 0 aliphatic carbocycles. The Balaban J connectivity index is 2.21. The van der Waals surface area contributed by atoms with Gasteiger partial charge in [-0.15, -0.1) is 0 Å². The van der Waals surface area contributed by atoms with Crippen molar-refractivity contribution in [3.05, 3.63) is 35.4 Å². The van der Waals surface area contributed by atoms with E-state index in [9.17, 15) is 18.4 Å². The number of benzene rings is 1. The fourth-order valence-electron chi connectivity index (χ4n) is 2.14. The normalized spacial score (nSPS) is 19.5. The van der Waals surface area contributed by atoms with Gasteiger partial charge in [0.2, 0.25) is 11.8 Å². The number of rotatable bonds is 3. The smallest absolute Gasteiger partial charge is 0.243 e. The Kier molecular flexibility index (Phi) is 3.78. The van der Waals surface area contributed by atoms with Crippen LogP contribution in [0, 0.1) is 11.6 Å². The zero-order valence-electron chi connectivity index (χ0n) is 10.5. The molecule has 1 aromatic rings. The summed E-state index contributed by atoms with van der Waals surface area (Å²) in [6, 6.07) is 2.90. The number of hydrogen-bond acceptors (Lipinski definition) is 2. The first kappa shape index (κ1) is 13.5. The van der Waals surface area contributed by atoms with Crippen molar-refractivity contribution in [1.29, 1.82) is 0 Å². The van der Waals surface area contributed by atoms with Crippen LogP contribution in [0.5, 0.6) is 0 Å². The van der Waals surface area contributed by atoms with Crippen molar-refractivity contribution in [1.82, 2.24) is 10.2 Å². The van der Waals surface area contributed by atoms with Crippen LogP contribution < -0.4 is 5.32 Å². The Bertz CT molecular complexity index is 519. The molecule has 102 valence electrons. The van der Waals surface area contributed by atoms with Gasteiger partial charge in [0.05, 0.1) is 6.54 Å². The summed E-state index contributed by atoms with van der Waals surface area (Å²) in [6.07, 6.45) is 0.473. The van der Waals surface area contributed by atoms with E-state index in [1.807, 2.05) is 0 Å². The standard InChI is InChI=1S/C13H14F2N2O2/c1-2-11-13(19)16-6-12(18)17(11)7-8-3-4-9(14)10(15)5-8/h3-5,11H,2,6-7H2,1H3,(H,16,19). The first-order valence-corrected chi connectivity index (χ1v) is 6.04. The number of halogens is 2. The molecule has 1 aliphatic heterocycles. The molecule has 1 aliphatic rings. The lowest BCUT2D eigenvalue weighted by Crippen LogP contribution is -2.57. The fourth-order valence-corrected chi connectivity index (χ4v) is 2.14. The summed E-state index contributed by atoms with van der Waals surface area (Å²) < 4.78 is 26.0. The summed E-state index contributed by atoms with van der Waals surface area (Å²) in [4.78, 5) is 24.9. The predicted molar refractivity (Wildman–Crippen MR) is 64.0 cm³/mol. The molecule has 0 bridgehead atoms. The maximum atomic E-state index is 13.1. The van der Waals surface area contributed by atoms with E-state index in [2.05, 4.69) is 5.32 Å². The molecule has 0 saturated carbocycles. The van der Waals surface area contributed by atoms with Crippen molar-refractivity contribution in [2.24, 2.45) is 0 Å². The van der Waals surface area contributed by atoms with Gasteiger partial charge in [-0.05, 0) is 24.1 Å². The molecule has 1 fully saturated rings. The van der Waals surface area contributed by atoms with E-state index in [1.165, 1.54) is 11.0 Å². The zero-order chi connectivity index (χ0) is 14.0. The van der Waals surface area contributed by atoms with Crippen LogP contribution in [0.4, 0.5) is 8.78 Å². The minimum atomic E-state index is -0.959. The Labute approximate surface area is 109 Å². The number of amides is 2. The van der Waals surface area contributed by atoms with Gasteiger partial charge in [-0.1, -0.05) is 13.0 Å². The van der Waals surface area contributed by atoms with Crippen LogP contribution in [0.3, 0.4) is 0 Å². The Morgan fingerprint density at radius 1 is 1.32 bits per heavy atom. The van der Waals surface area contributed by atoms with Crippen molar-refractivity contribution in [3.63, 3.8) is 0 Å². The van der Waals surface area contributed by atoms with E-state index in [4.69, 9.17) is 0 Å². The summed E-state index contributed by atoms with van der Waals surface area (Å²) >= 11 is 0. The third kappa shape index (κ3) is 2.72. The van der Waals surface area contributed by atoms with Gasteiger partial charge in [-0.3, -0.25) is 9.59 Å². The maximum Gasteiger partial charge on any atom is 0.243 e. The van der Waals surface area contributed by atoms with Crippen LogP contribution in [0.15, 0.2) is 18.2 Å². The molecule has 1 aromatic carbocycles. The summed E-state index contributed by atoms with van der Waals surface area (Å²) in [6.45, 7) is 1.84. The van der Waals surface area contributed by atoms with E-state index in [-0.39, 0.29) is 24.9 Å². The summed E-state index contributed by atoms with van der Waals surface area (Å²) in [5.74, 6) is -2.33. The molecule has 0 spiro atoms. The number of piperazine rings is 1. The lowest BCUT2D eigenvalue weighted by atomic mass is 10.1. The fraction of sp³-hybridized carbons (Fsp3) is 0.385. The molecule has 1 atom stereocenters. The monoisotopic (exact) mass is 268 g/mol. The Morgan fingerprint density at radius 3 is 2.68 bits per heavy atom. The highest BCUT2D eigenvalue weighted by Crippen LogP contribution is 2.16. The minimum absolute atomic E-state index is 0.0565. The molecule has 2 rings (SSSR count). The van der Waals surface area contributed by atoms with Crippen molar-refractivity contribution < 1.29 is 18.4 Å². The quantitative estimate of drug-likeness (QED) is 0.895. The second-order valence-electron chi connectivity index (χ2n) is 4.41. The lowest BCUT2D eigenvalue weighted by Gasteiger charge is -2.34. The first-order valence-electron chi connectivity index (χ1n) is 6.04. The predicted octanol–water partition coefficient (Wildman–Crippen LogP) is 1.20. The number of nitrogens with zero attached hydrogens (tertiary/aromatic N) is 1. The van der Waals surface area contributed by atoms with Crippen LogP contribution in [-0.4, -0.2) is 29.3 Å². The average Bonchev–Trinajstić information content (AvgIpc) is 2.38. The molecule has 1 unspecified atom stereocenters. The molecule has 6 heteroatoms. The van der Waals surface area contributed by atoms with E-state index in [0.29, 0.717) is 12.0 Å². The molecule has 1 N–H and O–H groups in total. The lowest BCUT2D eigenvalue weighted by molar-refractivity contribution is -0.146. The largest absolute Gasteiger partial charge is 0.345 e. The van der Waals surface area contributed by atoms with Crippen LogP contribution >= 0.6 is 0 Å². The number of carbonyl (C=O) groups excluding carboxylic acids is 2. The van der Waals surface area contributed by atoms with Gasteiger partial charge in [0.15, 0.2) is 11.6 Å². The molecular weight excluding hydrogens is 254 g/mol. The van der Waals surface area contributed by atoms with Crippen LogP contribution in [0.2, 0.25) is 0 Å². The average molecular weight is 268 g/mol. The van der Waals surface area contributed by atoms with Crippen LogP contribution in [-0.2, 0) is 16.1 Å². The summed E-state index contributed by atoms with van der Waals surface area (Å²) in [5.41, 5.74) is 0.459. The van der Waals surface area contributed by atoms with Crippen LogP contribution in [0.25, 0.3) is 0 Å². The second kappa shape index (κ2) is 5.34. The first-order chi connectivity index (χ1) is 9.02. The Hall–Kier alpha value is -1.98. The highest BCUT2D eigenvalue weighted by molar-refractivity contribution is 5.94. The third-order valence-corrected chi connectivity index (χ3v) is 3.14. The van der Waals surface area contributed by atoms with Gasteiger partial charge in [0, 0.05) is 6.54 Å². The molecule has 19 heavy (non-hydrogen) atoms. The molecule has 4 nitrogen and oxygen atoms in total. The van der Waals surface area contributed by atoms with Crippen molar-refractivity contribution in [2.75, 3.05) is 6.54 Å². The van der Waals surface area contributed by atoms with Gasteiger partial charge < -0.3 is 10.2 Å². The van der Waals surface area contributed by atoms with Crippen LogP contribution in [0.1, 0.15) is 18.9 Å². The van der Waals surface area contributed by atoms with Crippen molar-refractivity contribution in [2.45, 2.75) is 25.9 Å². The zero-order valence-corrected chi connectivity index (χ0v) is 10.5. The van der Waals surface area contributed by atoms with E-state index >= 15 is 0 Å². The van der Waals surface area contributed by atoms with E-state index < -0.39 is 17.7 Å². The molecule has 0 radical (unpaired) electrons. The molecular formula is C13H14F2N2O2. The van der Waals surface area contributed by atoms with Gasteiger partial charge in [-0.2, -0.15) is 0 Å². The molecule has 1 heterocycles. The maximum absolute atomic E-state index is 13.1. The molecule has 0 aromatic heterocycles. The van der Waals surface area contributed by atoms with Gasteiger partial charge in [0.1, 0.15) is 6.04 Å². The SMILES string of the molecule is CCC1C(=O)NCC(=O)N1Cc1ccc(F)c(F)c1. The number of carbonyl (C=O) groups is 2. The summed E-state index contributed by atoms with van der Waals surface area (Å²) in [7, 11) is 0. The minimum Gasteiger partial charge on any atom is -0.345 e. The van der Waals surface area contributed by atoms with Gasteiger partial charge >= 0.3 is 0 Å². The number of nitrogens with one attached hydrogen (secondary N) is 1. The van der Waals surface area contributed by atoms with Gasteiger partial charge in [0.25, 0.3) is 0 Å². The second-order valence-corrected chi connectivity index (χ2v) is 4.41. The highest BCUT2D eigenvalue weighted by Gasteiger charge is 2.32. The third-order valence-electron chi connectivity index (χ3n) is 3.14. The molecule has 1 saturated heterocycles. The van der Waals surface area contributed by atoms with Crippen molar-refractivity contribution in [3.8, 4) is 0 Å². The number of hydrogen-bond donors (Lipinski definition) is 1. The van der Waals surface area contributed by atoms with E-state index in [0.717, 1.165) is 12.1 Å². The van der Waals surface area contributed by atoms with Gasteiger partial charge in [-0.25, -0.2) is 8.78 Å². The highest BCUT2D eigenvalue weighted by atomic mass is 19.2. The molecule has 2 amide bonds.